The summed E-state index contributed by atoms with van der Waals surface area (Å²) in [5, 5.41) is 17.1. The minimum Gasteiger partial charge on any atom is -0.507 e. The fourth-order valence-corrected chi connectivity index (χ4v) is 4.66. The summed E-state index contributed by atoms with van der Waals surface area (Å²) in [6.07, 6.45) is 1.28. The standard InChI is InChI=1S/C25H29FN6O5/c1-28-9-7-25(32-14-18(22(27)34)23(30-32)29-24(35)36-2)8-10-31(15-21(25)26)13-16-5-6-17(19(33)12-16)20-4-3-11-37-20/h3-6,11-12,14,21,33H,1,7-10,13,15H2,2H3,(H2,27,34)(H,29,30,35). The number of aliphatic imine (C=N–C) groups is 1. The van der Waals surface area contributed by atoms with Gasteiger partial charge in [-0.2, -0.15) is 5.10 Å². The molecule has 0 aliphatic carbocycles. The Morgan fingerprint density at radius 2 is 2.24 bits per heavy atom. The minimum absolute atomic E-state index is 0.0573. The first-order valence-electron chi connectivity index (χ1n) is 11.7. The van der Waals surface area contributed by atoms with Crippen LogP contribution in [0.1, 0.15) is 28.8 Å². The smallest absolute Gasteiger partial charge is 0.412 e. The number of likely N-dealkylation sites (tertiary alicyclic amines) is 1. The van der Waals surface area contributed by atoms with Gasteiger partial charge in [0.25, 0.3) is 5.91 Å². The van der Waals surface area contributed by atoms with Crippen molar-refractivity contribution in [1.29, 1.82) is 0 Å². The number of carbonyl (C=O) groups is 2. The molecule has 1 aliphatic rings. The molecule has 1 fully saturated rings. The third-order valence-corrected chi connectivity index (χ3v) is 6.66. The van der Waals surface area contributed by atoms with Crippen LogP contribution >= 0.6 is 0 Å². The van der Waals surface area contributed by atoms with Gasteiger partial charge in [-0.15, -0.1) is 0 Å². The van der Waals surface area contributed by atoms with E-state index in [1.807, 2.05) is 11.0 Å². The second-order valence-electron chi connectivity index (χ2n) is 8.90. The molecule has 4 N–H and O–H groups in total. The molecule has 11 nitrogen and oxygen atoms in total. The van der Waals surface area contributed by atoms with Gasteiger partial charge in [0.15, 0.2) is 5.82 Å². The molecular formula is C25H29FN6O5. The Balaban J connectivity index is 1.55. The SMILES string of the molecule is C=NCCC1(n2cc(C(N)=O)c(NC(=O)OC)n2)CCN(Cc2ccc(-c3ccco3)c(O)c2)CC1F. The van der Waals surface area contributed by atoms with Crippen LogP contribution in [-0.2, 0) is 16.8 Å². The maximum Gasteiger partial charge on any atom is 0.412 e. The number of halogens is 1. The zero-order valence-electron chi connectivity index (χ0n) is 20.4. The highest BCUT2D eigenvalue weighted by Gasteiger charge is 2.46. The second-order valence-corrected chi connectivity index (χ2v) is 8.90. The number of nitrogens with two attached hydrogens (primary N) is 1. The molecule has 12 heteroatoms. The van der Waals surface area contributed by atoms with Gasteiger partial charge in [0.1, 0.15) is 23.2 Å². The van der Waals surface area contributed by atoms with Crippen LogP contribution < -0.4 is 11.1 Å². The average molecular weight is 513 g/mol. The summed E-state index contributed by atoms with van der Waals surface area (Å²) >= 11 is 0. The van der Waals surface area contributed by atoms with Gasteiger partial charge in [-0.25, -0.2) is 9.18 Å². The Labute approximate surface area is 212 Å². The maximum atomic E-state index is 16.0. The van der Waals surface area contributed by atoms with Crippen molar-refractivity contribution >= 4 is 24.5 Å². The summed E-state index contributed by atoms with van der Waals surface area (Å²) < 4.78 is 27.3. The highest BCUT2D eigenvalue weighted by atomic mass is 19.1. The predicted molar refractivity (Wildman–Crippen MR) is 134 cm³/mol. The van der Waals surface area contributed by atoms with Crippen molar-refractivity contribution in [2.75, 3.05) is 32.1 Å². The van der Waals surface area contributed by atoms with Gasteiger partial charge in [-0.1, -0.05) is 6.07 Å². The van der Waals surface area contributed by atoms with Gasteiger partial charge in [0, 0.05) is 32.4 Å². The summed E-state index contributed by atoms with van der Waals surface area (Å²) in [4.78, 5) is 29.6. The molecule has 196 valence electrons. The number of benzene rings is 1. The number of nitrogens with one attached hydrogen (secondary N) is 1. The molecule has 1 aliphatic heterocycles. The number of primary amides is 1. The van der Waals surface area contributed by atoms with Gasteiger partial charge < -0.3 is 25.0 Å². The van der Waals surface area contributed by atoms with Crippen molar-refractivity contribution in [3.05, 3.63) is 53.9 Å². The number of furan rings is 1. The van der Waals surface area contributed by atoms with E-state index in [0.717, 1.165) is 5.56 Å². The number of hydrogen-bond acceptors (Lipinski definition) is 8. The van der Waals surface area contributed by atoms with E-state index in [0.29, 0.717) is 30.8 Å². The first-order valence-corrected chi connectivity index (χ1v) is 11.7. The van der Waals surface area contributed by atoms with Crippen LogP contribution in [-0.4, -0.2) is 71.4 Å². The van der Waals surface area contributed by atoms with Crippen molar-refractivity contribution < 1.29 is 28.2 Å². The number of nitrogens with zero attached hydrogens (tertiary/aromatic N) is 4. The van der Waals surface area contributed by atoms with Gasteiger partial charge in [-0.3, -0.25) is 19.7 Å². The van der Waals surface area contributed by atoms with E-state index >= 15 is 4.39 Å². The summed E-state index contributed by atoms with van der Waals surface area (Å²) in [6, 6.07) is 8.78. The number of hydrogen-bond donors (Lipinski definition) is 3. The molecule has 1 aromatic carbocycles. The molecule has 2 amide bonds. The molecular weight excluding hydrogens is 483 g/mol. The van der Waals surface area contributed by atoms with E-state index in [4.69, 9.17) is 10.2 Å². The number of aromatic nitrogens is 2. The fraction of sp³-hybridized carbons (Fsp3) is 0.360. The van der Waals surface area contributed by atoms with Crippen LogP contribution in [0.15, 0.2) is 52.2 Å². The van der Waals surface area contributed by atoms with Crippen molar-refractivity contribution in [3.8, 4) is 17.1 Å². The third kappa shape index (κ3) is 5.33. The van der Waals surface area contributed by atoms with E-state index < -0.39 is 23.7 Å². The van der Waals surface area contributed by atoms with Crippen molar-refractivity contribution in [1.82, 2.24) is 14.7 Å². The first kappa shape index (κ1) is 25.9. The Morgan fingerprint density at radius 1 is 1.43 bits per heavy atom. The van der Waals surface area contributed by atoms with E-state index in [1.165, 1.54) is 24.3 Å². The molecule has 37 heavy (non-hydrogen) atoms. The van der Waals surface area contributed by atoms with Crippen LogP contribution in [0.4, 0.5) is 15.0 Å². The van der Waals surface area contributed by atoms with E-state index in [9.17, 15) is 14.7 Å². The molecule has 2 atom stereocenters. The normalized spacial score (nSPS) is 19.9. The van der Waals surface area contributed by atoms with Crippen LogP contribution in [0.5, 0.6) is 5.75 Å². The van der Waals surface area contributed by atoms with Gasteiger partial charge in [-0.05, 0) is 49.4 Å². The Kier molecular flexibility index (Phi) is 7.58. The van der Waals surface area contributed by atoms with Crippen molar-refractivity contribution in [3.63, 3.8) is 0 Å². The number of alkyl halides is 1. The van der Waals surface area contributed by atoms with E-state index in [1.54, 1.807) is 24.3 Å². The van der Waals surface area contributed by atoms with Gasteiger partial charge in [0.05, 0.1) is 24.5 Å². The zero-order valence-corrected chi connectivity index (χ0v) is 20.4. The monoisotopic (exact) mass is 512 g/mol. The summed E-state index contributed by atoms with van der Waals surface area (Å²) in [6.45, 7) is 4.78. The number of ether oxygens (including phenoxy) is 1. The molecule has 0 saturated carbocycles. The van der Waals surface area contributed by atoms with Crippen LogP contribution in [0.3, 0.4) is 0 Å². The molecule has 3 heterocycles. The minimum atomic E-state index is -1.40. The topological polar surface area (TPSA) is 148 Å². The molecule has 3 aromatic rings. The molecule has 1 saturated heterocycles. The summed E-state index contributed by atoms with van der Waals surface area (Å²) in [5.41, 5.74) is 5.68. The van der Waals surface area contributed by atoms with Crippen LogP contribution in [0, 0.1) is 0 Å². The third-order valence-electron chi connectivity index (χ3n) is 6.66. The molecule has 2 unspecified atom stereocenters. The van der Waals surface area contributed by atoms with Crippen molar-refractivity contribution in [2.24, 2.45) is 10.7 Å². The number of anilines is 1. The molecule has 0 radical (unpaired) electrons. The summed E-state index contributed by atoms with van der Waals surface area (Å²) in [5.74, 6) is -0.289. The second kappa shape index (κ2) is 10.8. The molecule has 2 aromatic heterocycles. The first-order chi connectivity index (χ1) is 17.8. The lowest BCUT2D eigenvalue weighted by Crippen LogP contribution is -2.55. The predicted octanol–water partition coefficient (Wildman–Crippen LogP) is 3.16. The number of methoxy groups -OCH3 is 1. The zero-order chi connectivity index (χ0) is 26.6. The summed E-state index contributed by atoms with van der Waals surface area (Å²) in [7, 11) is 1.17. The molecule has 0 spiro atoms. The largest absolute Gasteiger partial charge is 0.507 e. The van der Waals surface area contributed by atoms with Crippen LogP contribution in [0.25, 0.3) is 11.3 Å². The van der Waals surface area contributed by atoms with E-state index in [-0.39, 0.29) is 36.6 Å². The lowest BCUT2D eigenvalue weighted by molar-refractivity contribution is 0.000145. The average Bonchev–Trinajstić information content (AvgIpc) is 3.55. The number of piperidine rings is 1. The number of aromatic hydroxyl groups is 1. The maximum absolute atomic E-state index is 16.0. The number of rotatable bonds is 9. The lowest BCUT2D eigenvalue weighted by atomic mass is 9.82. The molecule has 4 rings (SSSR count). The van der Waals surface area contributed by atoms with Crippen molar-refractivity contribution in [2.45, 2.75) is 31.1 Å². The van der Waals surface area contributed by atoms with Gasteiger partial charge in [0.2, 0.25) is 0 Å². The van der Waals surface area contributed by atoms with Gasteiger partial charge >= 0.3 is 6.09 Å². The molecule has 0 bridgehead atoms. The number of phenolic OH excluding ortho intramolecular Hbond substituents is 1. The fourth-order valence-electron chi connectivity index (χ4n) is 4.66. The van der Waals surface area contributed by atoms with Crippen LogP contribution in [0.2, 0.25) is 0 Å². The quantitative estimate of drug-likeness (QED) is 0.373. The highest BCUT2D eigenvalue weighted by Crippen LogP contribution is 2.38. The van der Waals surface area contributed by atoms with E-state index in [2.05, 4.69) is 26.9 Å². The number of carbonyl (C=O) groups excluding carboxylic acids is 2. The lowest BCUT2D eigenvalue weighted by Gasteiger charge is -2.44. The Hall–Kier alpha value is -4.19. The highest BCUT2D eigenvalue weighted by molar-refractivity contribution is 6.00. The Bertz CT molecular complexity index is 1280. The Morgan fingerprint density at radius 3 is 2.86 bits per heavy atom. The number of phenols is 1. The number of amides is 2.